The summed E-state index contributed by atoms with van der Waals surface area (Å²) in [7, 11) is 0. The molecule has 0 spiro atoms. The standard InChI is InChI=1S/C14H19BrFNS2/c1-2-13-14(19-6-5-18-13)12(17)8-9-3-4-11(16)10(15)7-9/h3-4,7,12-14H,2,5-6,8,17H2,1H3. The molecule has 2 N–H and O–H groups in total. The van der Waals surface area contributed by atoms with Gasteiger partial charge >= 0.3 is 0 Å². The third kappa shape index (κ3) is 4.13. The topological polar surface area (TPSA) is 26.0 Å². The van der Waals surface area contributed by atoms with Crippen molar-refractivity contribution >= 4 is 39.5 Å². The van der Waals surface area contributed by atoms with Crippen molar-refractivity contribution in [2.24, 2.45) is 5.73 Å². The summed E-state index contributed by atoms with van der Waals surface area (Å²) in [4.78, 5) is 0. The normalized spacial score (nSPS) is 25.3. The van der Waals surface area contributed by atoms with Gasteiger partial charge in [0, 0.05) is 28.0 Å². The fourth-order valence-electron chi connectivity index (χ4n) is 2.39. The van der Waals surface area contributed by atoms with Crippen molar-refractivity contribution in [2.75, 3.05) is 11.5 Å². The van der Waals surface area contributed by atoms with E-state index in [9.17, 15) is 4.39 Å². The van der Waals surface area contributed by atoms with Gasteiger partial charge in [-0.1, -0.05) is 13.0 Å². The van der Waals surface area contributed by atoms with Crippen molar-refractivity contribution in [1.82, 2.24) is 0 Å². The molecule has 0 saturated carbocycles. The predicted octanol–water partition coefficient (Wildman–Crippen LogP) is 4.09. The molecule has 19 heavy (non-hydrogen) atoms. The van der Waals surface area contributed by atoms with Crippen LogP contribution in [0.3, 0.4) is 0 Å². The fraction of sp³-hybridized carbons (Fsp3) is 0.571. The van der Waals surface area contributed by atoms with Crippen LogP contribution < -0.4 is 5.73 Å². The van der Waals surface area contributed by atoms with E-state index in [4.69, 9.17) is 5.73 Å². The number of thioether (sulfide) groups is 2. The van der Waals surface area contributed by atoms with Gasteiger partial charge in [-0.2, -0.15) is 23.5 Å². The lowest BCUT2D eigenvalue weighted by atomic mass is 10.0. The second kappa shape index (κ2) is 7.34. The summed E-state index contributed by atoms with van der Waals surface area (Å²) < 4.78 is 13.7. The first-order valence-corrected chi connectivity index (χ1v) is 9.43. The summed E-state index contributed by atoms with van der Waals surface area (Å²) in [5.41, 5.74) is 7.49. The molecule has 0 bridgehead atoms. The lowest BCUT2D eigenvalue weighted by Gasteiger charge is -2.34. The van der Waals surface area contributed by atoms with Crippen LogP contribution in [0.15, 0.2) is 22.7 Å². The third-order valence-corrected chi connectivity index (χ3v) is 7.41. The summed E-state index contributed by atoms with van der Waals surface area (Å²) in [6.07, 6.45) is 1.98. The quantitative estimate of drug-likeness (QED) is 0.872. The van der Waals surface area contributed by atoms with E-state index in [0.29, 0.717) is 15.0 Å². The van der Waals surface area contributed by atoms with E-state index in [1.807, 2.05) is 35.7 Å². The molecule has 106 valence electrons. The number of nitrogens with two attached hydrogens (primary N) is 1. The molecule has 1 aromatic carbocycles. The molecule has 5 heteroatoms. The van der Waals surface area contributed by atoms with Gasteiger partial charge in [0.15, 0.2) is 0 Å². The van der Waals surface area contributed by atoms with Gasteiger partial charge in [0.2, 0.25) is 0 Å². The van der Waals surface area contributed by atoms with Crippen molar-refractivity contribution < 1.29 is 4.39 Å². The molecule has 3 atom stereocenters. The highest BCUT2D eigenvalue weighted by molar-refractivity contribution is 9.10. The smallest absolute Gasteiger partial charge is 0.137 e. The van der Waals surface area contributed by atoms with Crippen LogP contribution in [0.4, 0.5) is 4.39 Å². The average Bonchev–Trinajstić information content (AvgIpc) is 2.43. The highest BCUT2D eigenvalue weighted by Crippen LogP contribution is 2.35. The summed E-state index contributed by atoms with van der Waals surface area (Å²) in [6.45, 7) is 2.23. The van der Waals surface area contributed by atoms with Gasteiger partial charge in [-0.25, -0.2) is 4.39 Å². The lowest BCUT2D eigenvalue weighted by Crippen LogP contribution is -2.43. The Kier molecular flexibility index (Phi) is 6.06. The highest BCUT2D eigenvalue weighted by Gasteiger charge is 2.30. The van der Waals surface area contributed by atoms with Gasteiger partial charge in [0.05, 0.1) is 4.47 Å². The molecule has 0 aliphatic carbocycles. The van der Waals surface area contributed by atoms with Crippen molar-refractivity contribution in [1.29, 1.82) is 0 Å². The van der Waals surface area contributed by atoms with Gasteiger partial charge < -0.3 is 5.73 Å². The zero-order valence-electron chi connectivity index (χ0n) is 10.9. The van der Waals surface area contributed by atoms with E-state index in [1.54, 1.807) is 0 Å². The van der Waals surface area contributed by atoms with Gasteiger partial charge in [-0.3, -0.25) is 0 Å². The van der Waals surface area contributed by atoms with E-state index in [1.165, 1.54) is 24.0 Å². The Morgan fingerprint density at radius 3 is 2.84 bits per heavy atom. The maximum atomic E-state index is 13.2. The predicted molar refractivity (Wildman–Crippen MR) is 88.6 cm³/mol. The average molecular weight is 364 g/mol. The largest absolute Gasteiger partial charge is 0.326 e. The molecule has 0 aromatic heterocycles. The molecule has 1 heterocycles. The fourth-order valence-corrected chi connectivity index (χ4v) is 6.01. The Balaban J connectivity index is 2.02. The zero-order chi connectivity index (χ0) is 13.8. The Bertz CT molecular complexity index is 430. The molecule has 1 aromatic rings. The second-order valence-electron chi connectivity index (χ2n) is 4.77. The van der Waals surface area contributed by atoms with Crippen LogP contribution in [-0.4, -0.2) is 28.0 Å². The molecule has 1 nitrogen and oxygen atoms in total. The Morgan fingerprint density at radius 1 is 1.42 bits per heavy atom. The maximum Gasteiger partial charge on any atom is 0.137 e. The molecule has 2 rings (SSSR count). The minimum Gasteiger partial charge on any atom is -0.326 e. The first-order valence-electron chi connectivity index (χ1n) is 6.54. The van der Waals surface area contributed by atoms with Crippen molar-refractivity contribution in [2.45, 2.75) is 36.3 Å². The molecule has 1 saturated heterocycles. The summed E-state index contributed by atoms with van der Waals surface area (Å²) in [5, 5.41) is 1.16. The number of hydrogen-bond donors (Lipinski definition) is 1. The molecule has 1 fully saturated rings. The Morgan fingerprint density at radius 2 is 2.16 bits per heavy atom. The van der Waals surface area contributed by atoms with Crippen molar-refractivity contribution in [3.05, 3.63) is 34.1 Å². The zero-order valence-corrected chi connectivity index (χ0v) is 14.2. The lowest BCUT2D eigenvalue weighted by molar-refractivity contribution is 0.593. The van der Waals surface area contributed by atoms with Crippen LogP contribution in [0.1, 0.15) is 18.9 Å². The van der Waals surface area contributed by atoms with E-state index in [-0.39, 0.29) is 11.9 Å². The van der Waals surface area contributed by atoms with Crippen molar-refractivity contribution in [3.8, 4) is 0 Å². The van der Waals surface area contributed by atoms with Crippen LogP contribution in [-0.2, 0) is 6.42 Å². The summed E-state index contributed by atoms with van der Waals surface area (Å²) in [6, 6.07) is 5.32. The second-order valence-corrected chi connectivity index (χ2v) is 8.26. The number of benzene rings is 1. The minimum absolute atomic E-state index is 0.139. The first kappa shape index (κ1) is 15.7. The van der Waals surface area contributed by atoms with E-state index in [0.717, 1.165) is 12.0 Å². The summed E-state index contributed by atoms with van der Waals surface area (Å²) in [5.74, 6) is 2.20. The minimum atomic E-state index is -0.216. The van der Waals surface area contributed by atoms with Crippen LogP contribution >= 0.6 is 39.5 Å². The molecule has 3 unspecified atom stereocenters. The monoisotopic (exact) mass is 363 g/mol. The molecule has 0 radical (unpaired) electrons. The van der Waals surface area contributed by atoms with Crippen LogP contribution in [0, 0.1) is 5.82 Å². The SMILES string of the molecule is CCC1SCCSC1C(N)Cc1ccc(F)c(Br)c1. The molecule has 0 amide bonds. The highest BCUT2D eigenvalue weighted by atomic mass is 79.9. The molecular weight excluding hydrogens is 345 g/mol. The Hall–Kier alpha value is 0.290. The first-order chi connectivity index (χ1) is 9.11. The Labute approximate surface area is 131 Å². The van der Waals surface area contributed by atoms with Gasteiger partial charge in [-0.05, 0) is 46.5 Å². The van der Waals surface area contributed by atoms with Gasteiger partial charge in [-0.15, -0.1) is 0 Å². The van der Waals surface area contributed by atoms with Gasteiger partial charge in [0.25, 0.3) is 0 Å². The maximum absolute atomic E-state index is 13.2. The molecular formula is C14H19BrFNS2. The van der Waals surface area contributed by atoms with E-state index >= 15 is 0 Å². The van der Waals surface area contributed by atoms with E-state index < -0.39 is 0 Å². The van der Waals surface area contributed by atoms with Crippen LogP contribution in [0.25, 0.3) is 0 Å². The van der Waals surface area contributed by atoms with Gasteiger partial charge in [0.1, 0.15) is 5.82 Å². The van der Waals surface area contributed by atoms with Crippen molar-refractivity contribution in [3.63, 3.8) is 0 Å². The number of rotatable bonds is 4. The number of hydrogen-bond acceptors (Lipinski definition) is 3. The number of halogens is 2. The molecule has 1 aliphatic heterocycles. The third-order valence-electron chi connectivity index (χ3n) is 3.37. The van der Waals surface area contributed by atoms with Crippen LogP contribution in [0.5, 0.6) is 0 Å². The van der Waals surface area contributed by atoms with Crippen LogP contribution in [0.2, 0.25) is 0 Å². The summed E-state index contributed by atoms with van der Waals surface area (Å²) >= 11 is 7.28. The molecule has 1 aliphatic rings. The van der Waals surface area contributed by atoms with E-state index in [2.05, 4.69) is 22.9 Å².